The van der Waals surface area contributed by atoms with Gasteiger partial charge in [0, 0.05) is 38.6 Å². The largest absolute Gasteiger partial charge is 0.340 e. The van der Waals surface area contributed by atoms with Crippen molar-refractivity contribution < 1.29 is 13.2 Å². The number of likely N-dealkylation sites (tertiary alicyclic amines) is 1. The van der Waals surface area contributed by atoms with E-state index in [1.807, 2.05) is 18.7 Å². The van der Waals surface area contributed by atoms with Crippen LogP contribution in [-0.2, 0) is 14.6 Å². The minimum atomic E-state index is -2.80. The highest BCUT2D eigenvalue weighted by Gasteiger charge is 2.30. The van der Waals surface area contributed by atoms with Crippen LogP contribution in [0.15, 0.2) is 0 Å². The van der Waals surface area contributed by atoms with E-state index in [-0.39, 0.29) is 23.5 Å². The molecule has 0 aromatic carbocycles. The summed E-state index contributed by atoms with van der Waals surface area (Å²) >= 11 is 0. The molecule has 2 saturated heterocycles. The van der Waals surface area contributed by atoms with Crippen LogP contribution in [0, 0.1) is 5.92 Å². The lowest BCUT2D eigenvalue weighted by Crippen LogP contribution is -2.49. The highest BCUT2D eigenvalue weighted by Crippen LogP contribution is 2.21. The van der Waals surface area contributed by atoms with Gasteiger partial charge in [-0.3, -0.25) is 4.79 Å². The molecular weight excluding hydrogens is 264 g/mol. The second-order valence-corrected chi connectivity index (χ2v) is 8.30. The van der Waals surface area contributed by atoms with Gasteiger partial charge in [-0.1, -0.05) is 0 Å². The van der Waals surface area contributed by atoms with E-state index in [4.69, 9.17) is 0 Å². The zero-order chi connectivity index (χ0) is 14.0. The number of hydrogen-bond acceptors (Lipinski definition) is 4. The minimum Gasteiger partial charge on any atom is -0.340 e. The predicted molar refractivity (Wildman–Crippen MR) is 74.7 cm³/mol. The lowest BCUT2D eigenvalue weighted by Gasteiger charge is -2.38. The molecular formula is C13H24N2O3S. The van der Waals surface area contributed by atoms with Crippen LogP contribution in [0.4, 0.5) is 0 Å². The van der Waals surface area contributed by atoms with Crippen molar-refractivity contribution in [3.63, 3.8) is 0 Å². The Labute approximate surface area is 115 Å². The summed E-state index contributed by atoms with van der Waals surface area (Å²) in [5, 5.41) is 0. The molecule has 2 heterocycles. The fourth-order valence-corrected chi connectivity index (χ4v) is 4.17. The van der Waals surface area contributed by atoms with Gasteiger partial charge < -0.3 is 9.80 Å². The Balaban J connectivity index is 1.85. The topological polar surface area (TPSA) is 57.7 Å². The molecule has 0 aliphatic carbocycles. The third-order valence-corrected chi connectivity index (χ3v) is 5.73. The Kier molecular flexibility index (Phi) is 4.50. The second kappa shape index (κ2) is 5.79. The molecule has 0 bridgehead atoms. The molecule has 2 rings (SSSR count). The van der Waals surface area contributed by atoms with Gasteiger partial charge in [0.2, 0.25) is 5.91 Å². The summed E-state index contributed by atoms with van der Waals surface area (Å²) < 4.78 is 22.8. The van der Waals surface area contributed by atoms with E-state index in [0.29, 0.717) is 25.4 Å². The molecule has 6 heteroatoms. The van der Waals surface area contributed by atoms with Crippen molar-refractivity contribution in [3.05, 3.63) is 0 Å². The van der Waals surface area contributed by atoms with Crippen LogP contribution in [0.5, 0.6) is 0 Å². The van der Waals surface area contributed by atoms with E-state index in [2.05, 4.69) is 4.90 Å². The second-order valence-electron chi connectivity index (χ2n) is 6.00. The fourth-order valence-electron chi connectivity index (χ4n) is 2.89. The van der Waals surface area contributed by atoms with Crippen molar-refractivity contribution in [1.29, 1.82) is 0 Å². The summed E-state index contributed by atoms with van der Waals surface area (Å²) in [6.07, 6.45) is 1.57. The summed E-state index contributed by atoms with van der Waals surface area (Å²) in [5.74, 6) is 1.31. The van der Waals surface area contributed by atoms with E-state index >= 15 is 0 Å². The van der Waals surface area contributed by atoms with Crippen LogP contribution in [0.2, 0.25) is 0 Å². The van der Waals surface area contributed by atoms with Gasteiger partial charge in [-0.05, 0) is 26.2 Å². The summed E-state index contributed by atoms with van der Waals surface area (Å²) in [6, 6.07) is 0.261. The summed E-state index contributed by atoms with van der Waals surface area (Å²) in [7, 11) is -2.80. The zero-order valence-electron chi connectivity index (χ0n) is 11.8. The predicted octanol–water partition coefficient (Wildman–Crippen LogP) is 0.364. The number of rotatable bonds is 3. The molecule has 110 valence electrons. The molecule has 0 radical (unpaired) electrons. The molecule has 1 unspecified atom stereocenters. The molecule has 5 nitrogen and oxygen atoms in total. The molecule has 0 aromatic heterocycles. The average molecular weight is 288 g/mol. The van der Waals surface area contributed by atoms with E-state index in [9.17, 15) is 13.2 Å². The number of amides is 1. The van der Waals surface area contributed by atoms with E-state index in [1.165, 1.54) is 0 Å². The van der Waals surface area contributed by atoms with Crippen LogP contribution in [-0.4, -0.2) is 67.9 Å². The summed E-state index contributed by atoms with van der Waals surface area (Å²) in [6.45, 7) is 7.14. The van der Waals surface area contributed by atoms with Gasteiger partial charge in [0.25, 0.3) is 0 Å². The van der Waals surface area contributed by atoms with Gasteiger partial charge in [-0.25, -0.2) is 8.42 Å². The maximum Gasteiger partial charge on any atom is 0.222 e. The fraction of sp³-hybridized carbons (Fsp3) is 0.923. The highest BCUT2D eigenvalue weighted by atomic mass is 32.2. The van der Waals surface area contributed by atoms with Gasteiger partial charge in [0.15, 0.2) is 9.84 Å². The van der Waals surface area contributed by atoms with E-state index in [1.54, 1.807) is 0 Å². The van der Waals surface area contributed by atoms with Crippen molar-refractivity contribution >= 4 is 15.7 Å². The molecule has 0 aromatic rings. The smallest absolute Gasteiger partial charge is 0.222 e. The minimum absolute atomic E-state index is 0.257. The van der Waals surface area contributed by atoms with Gasteiger partial charge in [0.1, 0.15) is 0 Å². The van der Waals surface area contributed by atoms with Crippen molar-refractivity contribution in [3.8, 4) is 0 Å². The first-order valence-corrected chi connectivity index (χ1v) is 8.92. The Morgan fingerprint density at radius 2 is 1.89 bits per heavy atom. The molecule has 2 aliphatic rings. The van der Waals surface area contributed by atoms with Crippen molar-refractivity contribution in [2.24, 2.45) is 5.92 Å². The number of hydrogen-bond donors (Lipinski definition) is 0. The van der Waals surface area contributed by atoms with Crippen LogP contribution in [0.25, 0.3) is 0 Å². The van der Waals surface area contributed by atoms with Crippen molar-refractivity contribution in [1.82, 2.24) is 9.80 Å². The lowest BCUT2D eigenvalue weighted by atomic mass is 9.96. The first kappa shape index (κ1) is 14.8. The van der Waals surface area contributed by atoms with E-state index < -0.39 is 9.84 Å². The lowest BCUT2D eigenvalue weighted by molar-refractivity contribution is -0.136. The molecule has 0 spiro atoms. The monoisotopic (exact) mass is 288 g/mol. The molecule has 1 amide bonds. The maximum atomic E-state index is 11.8. The first-order valence-electron chi connectivity index (χ1n) is 7.09. The van der Waals surface area contributed by atoms with Crippen LogP contribution >= 0.6 is 0 Å². The molecule has 19 heavy (non-hydrogen) atoms. The van der Waals surface area contributed by atoms with Crippen LogP contribution in [0.3, 0.4) is 0 Å². The molecule has 2 fully saturated rings. The normalized spacial score (nSPS) is 28.9. The van der Waals surface area contributed by atoms with Gasteiger partial charge in [0.05, 0.1) is 11.5 Å². The van der Waals surface area contributed by atoms with Crippen molar-refractivity contribution in [2.45, 2.75) is 32.7 Å². The zero-order valence-corrected chi connectivity index (χ0v) is 12.7. The summed E-state index contributed by atoms with van der Waals surface area (Å²) in [4.78, 5) is 16.0. The van der Waals surface area contributed by atoms with Crippen LogP contribution < -0.4 is 0 Å². The Bertz CT molecular complexity index is 419. The number of carbonyl (C=O) groups is 1. The number of piperidine rings is 1. The Morgan fingerprint density at radius 1 is 1.26 bits per heavy atom. The molecule has 2 aliphatic heterocycles. The highest BCUT2D eigenvalue weighted by molar-refractivity contribution is 7.91. The Morgan fingerprint density at radius 3 is 2.47 bits per heavy atom. The Hall–Kier alpha value is -0.620. The summed E-state index contributed by atoms with van der Waals surface area (Å²) in [5.41, 5.74) is 0. The first-order chi connectivity index (χ1) is 8.87. The van der Waals surface area contributed by atoms with Gasteiger partial charge in [-0.2, -0.15) is 0 Å². The number of sulfone groups is 1. The quantitative estimate of drug-likeness (QED) is 0.752. The average Bonchev–Trinajstić information content (AvgIpc) is 2.34. The number of carbonyl (C=O) groups excluding carboxylic acids is 1. The maximum absolute atomic E-state index is 11.8. The SMILES string of the molecule is CC(C)N1CC(CN2CCS(=O)(=O)CC2)CCC1=O. The molecule has 0 saturated carbocycles. The van der Waals surface area contributed by atoms with Gasteiger partial charge in [-0.15, -0.1) is 0 Å². The van der Waals surface area contributed by atoms with Crippen LogP contribution in [0.1, 0.15) is 26.7 Å². The van der Waals surface area contributed by atoms with E-state index in [0.717, 1.165) is 19.5 Å². The van der Waals surface area contributed by atoms with Crippen molar-refractivity contribution in [2.75, 3.05) is 37.7 Å². The molecule has 1 atom stereocenters. The number of nitrogens with zero attached hydrogens (tertiary/aromatic N) is 2. The van der Waals surface area contributed by atoms with Gasteiger partial charge >= 0.3 is 0 Å². The third kappa shape index (κ3) is 3.92. The molecule has 0 N–H and O–H groups in total. The third-order valence-electron chi connectivity index (χ3n) is 4.12. The standard InChI is InChI=1S/C13H24N2O3S/c1-11(2)15-10-12(3-4-13(15)16)9-14-5-7-19(17,18)8-6-14/h11-12H,3-10H2,1-2H3.